The molecular formula is C22H33N5O2S. The molecule has 30 heavy (non-hydrogen) atoms. The number of amides is 1. The minimum Gasteiger partial charge on any atom is -0.455 e. The fourth-order valence-corrected chi connectivity index (χ4v) is 4.13. The minimum atomic E-state index is -0.0266. The topological polar surface area (TPSA) is 65.7 Å². The molecule has 0 saturated carbocycles. The van der Waals surface area contributed by atoms with E-state index in [1.807, 2.05) is 11.0 Å². The molecule has 1 saturated heterocycles. The van der Waals surface area contributed by atoms with Gasteiger partial charge in [0.25, 0.3) is 5.91 Å². The van der Waals surface area contributed by atoms with Crippen LogP contribution in [0.15, 0.2) is 27.8 Å². The molecular weight excluding hydrogens is 398 g/mol. The van der Waals surface area contributed by atoms with Gasteiger partial charge in [0, 0.05) is 51.0 Å². The molecule has 0 aromatic carbocycles. The van der Waals surface area contributed by atoms with Gasteiger partial charge >= 0.3 is 0 Å². The van der Waals surface area contributed by atoms with E-state index in [-0.39, 0.29) is 5.91 Å². The van der Waals surface area contributed by atoms with Crippen molar-refractivity contribution in [3.63, 3.8) is 0 Å². The zero-order valence-corrected chi connectivity index (χ0v) is 19.5. The average molecular weight is 432 g/mol. The molecule has 1 amide bonds. The quantitative estimate of drug-likeness (QED) is 0.466. The van der Waals surface area contributed by atoms with Gasteiger partial charge in [-0.1, -0.05) is 25.6 Å². The Balaban J connectivity index is 1.67. The molecule has 1 aliphatic heterocycles. The number of thioether (sulfide) groups is 1. The molecule has 0 atom stereocenters. The molecule has 7 nitrogen and oxygen atoms in total. The molecule has 0 unspecified atom stereocenters. The maximum atomic E-state index is 12.7. The Morgan fingerprint density at radius 3 is 2.50 bits per heavy atom. The summed E-state index contributed by atoms with van der Waals surface area (Å²) >= 11 is 1.54. The highest BCUT2D eigenvalue weighted by Crippen LogP contribution is 2.26. The maximum Gasteiger partial charge on any atom is 0.289 e. The molecule has 3 heterocycles. The first-order valence-electron chi connectivity index (χ1n) is 10.7. The van der Waals surface area contributed by atoms with E-state index in [2.05, 4.69) is 50.6 Å². The molecule has 0 spiro atoms. The molecule has 2 aromatic rings. The van der Waals surface area contributed by atoms with Gasteiger partial charge in [-0.05, 0) is 38.9 Å². The summed E-state index contributed by atoms with van der Waals surface area (Å²) in [6.45, 7) is 13.6. The standard InChI is InChI=1S/C22H33N5O2S/c1-6-26(7-2)20-14-18(16(3)4)23-22(24-20)30-15-17-8-9-19(29-17)21(28)27-12-10-25(5)11-13-27/h8-9,14,16H,6-7,10-13,15H2,1-5H3. The number of hydrogen-bond donors (Lipinski definition) is 0. The van der Waals surface area contributed by atoms with Gasteiger partial charge in [-0.2, -0.15) is 0 Å². The summed E-state index contributed by atoms with van der Waals surface area (Å²) < 4.78 is 5.85. The highest BCUT2D eigenvalue weighted by Gasteiger charge is 2.23. The van der Waals surface area contributed by atoms with Crippen LogP contribution in [0.3, 0.4) is 0 Å². The summed E-state index contributed by atoms with van der Waals surface area (Å²) in [6, 6.07) is 5.75. The molecule has 164 valence electrons. The second-order valence-electron chi connectivity index (χ2n) is 7.91. The molecule has 0 aliphatic carbocycles. The maximum absolute atomic E-state index is 12.7. The Kier molecular flexibility index (Phi) is 7.77. The van der Waals surface area contributed by atoms with Gasteiger partial charge in [0.05, 0.1) is 5.75 Å². The molecule has 0 N–H and O–H groups in total. The van der Waals surface area contributed by atoms with Crippen molar-refractivity contribution >= 4 is 23.5 Å². The Morgan fingerprint density at radius 1 is 1.17 bits per heavy atom. The van der Waals surface area contributed by atoms with Gasteiger partial charge in [-0.15, -0.1) is 0 Å². The fraction of sp³-hybridized carbons (Fsp3) is 0.591. The lowest BCUT2D eigenvalue weighted by molar-refractivity contribution is 0.0631. The SMILES string of the molecule is CCN(CC)c1cc(C(C)C)nc(SCc2ccc(C(=O)N3CCN(C)CC3)o2)n1. The molecule has 2 aromatic heterocycles. The van der Waals surface area contributed by atoms with Crippen molar-refractivity contribution in [2.75, 3.05) is 51.2 Å². The number of carbonyl (C=O) groups is 1. The van der Waals surface area contributed by atoms with Crippen molar-refractivity contribution in [3.8, 4) is 0 Å². The van der Waals surface area contributed by atoms with Crippen LogP contribution in [0.4, 0.5) is 5.82 Å². The van der Waals surface area contributed by atoms with E-state index in [0.29, 0.717) is 17.4 Å². The van der Waals surface area contributed by atoms with Crippen LogP contribution in [0.2, 0.25) is 0 Å². The van der Waals surface area contributed by atoms with Crippen LogP contribution >= 0.6 is 11.8 Å². The fourth-order valence-electron chi connectivity index (χ4n) is 3.37. The molecule has 0 radical (unpaired) electrons. The van der Waals surface area contributed by atoms with Crippen molar-refractivity contribution in [1.82, 2.24) is 19.8 Å². The Bertz CT molecular complexity index is 842. The monoisotopic (exact) mass is 431 g/mol. The third-order valence-electron chi connectivity index (χ3n) is 5.40. The number of piperazine rings is 1. The van der Waals surface area contributed by atoms with Crippen molar-refractivity contribution in [2.24, 2.45) is 0 Å². The third-order valence-corrected chi connectivity index (χ3v) is 6.27. The zero-order chi connectivity index (χ0) is 21.7. The Hall–Kier alpha value is -2.06. The largest absolute Gasteiger partial charge is 0.455 e. The van der Waals surface area contributed by atoms with Gasteiger partial charge in [0.15, 0.2) is 10.9 Å². The van der Waals surface area contributed by atoms with E-state index in [1.54, 1.807) is 17.8 Å². The summed E-state index contributed by atoms with van der Waals surface area (Å²) in [5.74, 6) is 3.04. The second-order valence-corrected chi connectivity index (χ2v) is 8.85. The van der Waals surface area contributed by atoms with Crippen LogP contribution in [0.5, 0.6) is 0 Å². The first-order valence-corrected chi connectivity index (χ1v) is 11.7. The Morgan fingerprint density at radius 2 is 1.87 bits per heavy atom. The van der Waals surface area contributed by atoms with Gasteiger partial charge in [-0.3, -0.25) is 4.79 Å². The first kappa shape index (κ1) is 22.6. The van der Waals surface area contributed by atoms with Crippen molar-refractivity contribution in [3.05, 3.63) is 35.4 Å². The highest BCUT2D eigenvalue weighted by atomic mass is 32.2. The lowest BCUT2D eigenvalue weighted by Crippen LogP contribution is -2.47. The number of aromatic nitrogens is 2. The lowest BCUT2D eigenvalue weighted by atomic mass is 10.1. The average Bonchev–Trinajstić information content (AvgIpc) is 3.22. The van der Waals surface area contributed by atoms with Gasteiger partial charge in [0.2, 0.25) is 0 Å². The zero-order valence-electron chi connectivity index (χ0n) is 18.7. The molecule has 8 heteroatoms. The second kappa shape index (κ2) is 10.3. The summed E-state index contributed by atoms with van der Waals surface area (Å²) in [4.78, 5) is 28.5. The van der Waals surface area contributed by atoms with Crippen molar-refractivity contribution in [1.29, 1.82) is 0 Å². The summed E-state index contributed by atoms with van der Waals surface area (Å²) in [7, 11) is 2.08. The van der Waals surface area contributed by atoms with E-state index in [9.17, 15) is 4.79 Å². The van der Waals surface area contributed by atoms with E-state index in [4.69, 9.17) is 14.4 Å². The summed E-state index contributed by atoms with van der Waals surface area (Å²) in [5.41, 5.74) is 1.04. The summed E-state index contributed by atoms with van der Waals surface area (Å²) in [5, 5.41) is 0.742. The van der Waals surface area contributed by atoms with Crippen LogP contribution < -0.4 is 4.90 Å². The molecule has 1 aliphatic rings. The predicted octanol–water partition coefficient (Wildman–Crippen LogP) is 3.72. The van der Waals surface area contributed by atoms with Crippen LogP contribution in [0.1, 0.15) is 55.6 Å². The lowest BCUT2D eigenvalue weighted by Gasteiger charge is -2.31. The normalized spacial score (nSPS) is 15.1. The number of rotatable bonds is 8. The van der Waals surface area contributed by atoms with Gasteiger partial charge in [0.1, 0.15) is 11.6 Å². The van der Waals surface area contributed by atoms with Crippen LogP contribution in [0.25, 0.3) is 0 Å². The smallest absolute Gasteiger partial charge is 0.289 e. The van der Waals surface area contributed by atoms with E-state index in [0.717, 1.165) is 61.7 Å². The molecule has 0 bridgehead atoms. The summed E-state index contributed by atoms with van der Waals surface area (Å²) in [6.07, 6.45) is 0. The van der Waals surface area contributed by atoms with Gasteiger partial charge in [-0.25, -0.2) is 9.97 Å². The van der Waals surface area contributed by atoms with E-state index >= 15 is 0 Å². The van der Waals surface area contributed by atoms with Crippen LogP contribution in [0, 0.1) is 0 Å². The van der Waals surface area contributed by atoms with Crippen molar-refractivity contribution < 1.29 is 9.21 Å². The first-order chi connectivity index (χ1) is 14.4. The number of furan rings is 1. The number of hydrogen-bond acceptors (Lipinski definition) is 7. The number of nitrogens with zero attached hydrogens (tertiary/aromatic N) is 5. The van der Waals surface area contributed by atoms with Crippen molar-refractivity contribution in [2.45, 2.75) is 44.5 Å². The highest BCUT2D eigenvalue weighted by molar-refractivity contribution is 7.98. The minimum absolute atomic E-state index is 0.0266. The van der Waals surface area contributed by atoms with Gasteiger partial charge < -0.3 is 19.1 Å². The number of likely N-dealkylation sites (N-methyl/N-ethyl adjacent to an activating group) is 1. The van der Waals surface area contributed by atoms with E-state index in [1.165, 1.54) is 0 Å². The number of carbonyl (C=O) groups excluding carboxylic acids is 1. The van der Waals surface area contributed by atoms with Crippen LogP contribution in [-0.4, -0.2) is 72.0 Å². The van der Waals surface area contributed by atoms with E-state index < -0.39 is 0 Å². The third kappa shape index (κ3) is 5.55. The molecule has 1 fully saturated rings. The Labute approximate surface area is 183 Å². The number of anilines is 1. The van der Waals surface area contributed by atoms with Crippen LogP contribution in [-0.2, 0) is 5.75 Å². The predicted molar refractivity (Wildman–Crippen MR) is 121 cm³/mol. The molecule has 3 rings (SSSR count).